The number of allylic oxidation sites excluding steroid dienone is 1. The van der Waals surface area contributed by atoms with Crippen LogP contribution in [0.5, 0.6) is 0 Å². The Labute approximate surface area is 161 Å². The molecule has 0 saturated heterocycles. The zero-order valence-corrected chi connectivity index (χ0v) is 15.2. The largest absolute Gasteiger partial charge is 0.460 e. The quantitative estimate of drug-likeness (QED) is 0.457. The Kier molecular flexibility index (Phi) is 5.55. The van der Waals surface area contributed by atoms with Gasteiger partial charge in [-0.05, 0) is 19.1 Å². The minimum atomic E-state index is -4.91. The van der Waals surface area contributed by atoms with E-state index in [-0.39, 0.29) is 24.5 Å². The van der Waals surface area contributed by atoms with Crippen LogP contribution in [0.2, 0.25) is 0 Å². The highest BCUT2D eigenvalue weighted by Gasteiger charge is 2.43. The monoisotopic (exact) mass is 418 g/mol. The summed E-state index contributed by atoms with van der Waals surface area (Å²) in [6.45, 7) is 1.23. The zero-order valence-electron chi connectivity index (χ0n) is 15.2. The van der Waals surface area contributed by atoms with Crippen molar-refractivity contribution in [1.82, 2.24) is 14.8 Å². The summed E-state index contributed by atoms with van der Waals surface area (Å²) >= 11 is 0. The van der Waals surface area contributed by atoms with Crippen LogP contribution in [-0.4, -0.2) is 41.1 Å². The van der Waals surface area contributed by atoms with Crippen molar-refractivity contribution in [2.24, 2.45) is 0 Å². The minimum absolute atomic E-state index is 0.0219. The van der Waals surface area contributed by atoms with Crippen molar-refractivity contribution in [2.45, 2.75) is 19.1 Å². The van der Waals surface area contributed by atoms with Crippen LogP contribution >= 0.6 is 0 Å². The minimum Gasteiger partial charge on any atom is -0.460 e. The number of anilines is 1. The van der Waals surface area contributed by atoms with E-state index >= 15 is 0 Å². The van der Waals surface area contributed by atoms with Gasteiger partial charge in [0.05, 0.1) is 17.7 Å². The molecule has 1 aliphatic rings. The number of carbonyl (C=O) groups is 1. The molecule has 7 nitrogen and oxygen atoms in total. The highest BCUT2D eigenvalue weighted by atomic mass is 19.4. The molecule has 0 bridgehead atoms. The Balaban J connectivity index is 2.17. The van der Waals surface area contributed by atoms with Gasteiger partial charge in [0.2, 0.25) is 5.95 Å². The number of aromatic nitrogens is 3. The van der Waals surface area contributed by atoms with Crippen molar-refractivity contribution in [3.05, 3.63) is 52.5 Å². The third kappa shape index (κ3) is 3.92. The van der Waals surface area contributed by atoms with E-state index in [4.69, 9.17) is 9.47 Å². The van der Waals surface area contributed by atoms with E-state index < -0.39 is 47.2 Å². The number of alkyl halides is 3. The predicted molar refractivity (Wildman–Crippen MR) is 88.7 cm³/mol. The summed E-state index contributed by atoms with van der Waals surface area (Å²) in [5, 5.41) is 5.85. The van der Waals surface area contributed by atoms with Crippen LogP contribution < -0.4 is 5.32 Å². The first-order chi connectivity index (χ1) is 13.6. The van der Waals surface area contributed by atoms with E-state index in [1.165, 1.54) is 14.0 Å². The van der Waals surface area contributed by atoms with E-state index in [0.29, 0.717) is 4.68 Å². The molecule has 0 amide bonds. The van der Waals surface area contributed by atoms with E-state index in [1.807, 2.05) is 0 Å². The van der Waals surface area contributed by atoms with Crippen LogP contribution in [0.1, 0.15) is 24.4 Å². The Morgan fingerprint density at radius 2 is 1.90 bits per heavy atom. The molecule has 0 radical (unpaired) electrons. The van der Waals surface area contributed by atoms with Gasteiger partial charge in [0.15, 0.2) is 0 Å². The fraction of sp³-hybridized carbons (Fsp3) is 0.353. The Morgan fingerprint density at radius 3 is 2.48 bits per heavy atom. The van der Waals surface area contributed by atoms with Crippen molar-refractivity contribution in [3.8, 4) is 0 Å². The normalized spacial score (nSPS) is 16.4. The standard InChI is InChI=1S/C17H15F5N4O3/c1-8-11(14(27)29-7-6-28-2)13(12-9(18)4-3-5-10(12)19)26-16(23-8)24-15(25-26)17(20,21)22/h3-5,13H,6-7H2,1-2H3,(H,23,24,25). The maximum atomic E-state index is 14.5. The molecular weight excluding hydrogens is 403 g/mol. The fourth-order valence-corrected chi connectivity index (χ4v) is 2.87. The number of halogens is 5. The Morgan fingerprint density at radius 1 is 1.24 bits per heavy atom. The van der Waals surface area contributed by atoms with Crippen molar-refractivity contribution >= 4 is 11.9 Å². The molecule has 0 fully saturated rings. The van der Waals surface area contributed by atoms with E-state index in [9.17, 15) is 26.7 Å². The number of nitrogens with zero attached hydrogens (tertiary/aromatic N) is 3. The summed E-state index contributed by atoms with van der Waals surface area (Å²) < 4.78 is 78.7. The molecule has 3 rings (SSSR count). The van der Waals surface area contributed by atoms with Crippen LogP contribution in [0.4, 0.5) is 27.9 Å². The van der Waals surface area contributed by atoms with E-state index in [0.717, 1.165) is 18.2 Å². The third-order valence-corrected chi connectivity index (χ3v) is 4.12. The number of nitrogens with one attached hydrogen (secondary N) is 1. The molecule has 0 aliphatic carbocycles. The summed E-state index contributed by atoms with van der Waals surface area (Å²) in [7, 11) is 1.37. The molecule has 1 unspecified atom stereocenters. The second-order valence-corrected chi connectivity index (χ2v) is 6.03. The number of ether oxygens (including phenoxy) is 2. The molecule has 29 heavy (non-hydrogen) atoms. The Bertz CT molecular complexity index is 950. The first-order valence-corrected chi connectivity index (χ1v) is 8.26. The molecule has 2 heterocycles. The van der Waals surface area contributed by atoms with Gasteiger partial charge in [-0.15, -0.1) is 5.10 Å². The Hall–Kier alpha value is -3.02. The van der Waals surface area contributed by atoms with Gasteiger partial charge in [-0.2, -0.15) is 18.2 Å². The second-order valence-electron chi connectivity index (χ2n) is 6.03. The highest BCUT2D eigenvalue weighted by Crippen LogP contribution is 2.39. The summed E-state index contributed by atoms with van der Waals surface area (Å²) in [5.74, 6) is -5.07. The van der Waals surface area contributed by atoms with Gasteiger partial charge in [-0.25, -0.2) is 18.3 Å². The van der Waals surface area contributed by atoms with Gasteiger partial charge in [0, 0.05) is 12.8 Å². The second kappa shape index (κ2) is 7.78. The van der Waals surface area contributed by atoms with Crippen LogP contribution in [0.3, 0.4) is 0 Å². The van der Waals surface area contributed by atoms with Crippen LogP contribution in [0.25, 0.3) is 0 Å². The van der Waals surface area contributed by atoms with Gasteiger partial charge in [0.1, 0.15) is 24.3 Å². The van der Waals surface area contributed by atoms with Crippen LogP contribution in [0.15, 0.2) is 29.5 Å². The number of esters is 1. The van der Waals surface area contributed by atoms with Gasteiger partial charge in [0.25, 0.3) is 5.82 Å². The van der Waals surface area contributed by atoms with Crippen LogP contribution in [0, 0.1) is 11.6 Å². The predicted octanol–water partition coefficient (Wildman–Crippen LogP) is 3.05. The lowest BCUT2D eigenvalue weighted by Crippen LogP contribution is -2.31. The lowest BCUT2D eigenvalue weighted by molar-refractivity contribution is -0.145. The lowest BCUT2D eigenvalue weighted by Gasteiger charge is -2.28. The van der Waals surface area contributed by atoms with Crippen molar-refractivity contribution in [1.29, 1.82) is 0 Å². The molecular formula is C17H15F5N4O3. The topological polar surface area (TPSA) is 78.3 Å². The number of benzene rings is 1. The van der Waals surface area contributed by atoms with Crippen molar-refractivity contribution in [2.75, 3.05) is 25.6 Å². The van der Waals surface area contributed by atoms with Gasteiger partial charge in [-0.3, -0.25) is 0 Å². The molecule has 12 heteroatoms. The SMILES string of the molecule is COCCOC(=O)C1=C(C)Nc2nc(C(F)(F)F)nn2C1c1c(F)cccc1F. The van der Waals surface area contributed by atoms with Crippen molar-refractivity contribution in [3.63, 3.8) is 0 Å². The van der Waals surface area contributed by atoms with Gasteiger partial charge >= 0.3 is 12.1 Å². The summed E-state index contributed by atoms with van der Waals surface area (Å²) in [6, 6.07) is 1.27. The molecule has 1 atom stereocenters. The number of rotatable bonds is 5. The average Bonchev–Trinajstić information content (AvgIpc) is 3.05. The van der Waals surface area contributed by atoms with E-state index in [2.05, 4.69) is 15.4 Å². The zero-order chi connectivity index (χ0) is 21.3. The van der Waals surface area contributed by atoms with Crippen LogP contribution in [-0.2, 0) is 20.4 Å². The molecule has 2 aromatic rings. The molecule has 156 valence electrons. The van der Waals surface area contributed by atoms with Crippen molar-refractivity contribution < 1.29 is 36.2 Å². The highest BCUT2D eigenvalue weighted by molar-refractivity contribution is 5.92. The molecule has 1 aliphatic heterocycles. The molecule has 0 spiro atoms. The first kappa shape index (κ1) is 20.7. The van der Waals surface area contributed by atoms with Gasteiger partial charge < -0.3 is 14.8 Å². The maximum Gasteiger partial charge on any atom is 0.453 e. The number of hydrogen-bond acceptors (Lipinski definition) is 6. The number of hydrogen-bond donors (Lipinski definition) is 1. The summed E-state index contributed by atoms with van der Waals surface area (Å²) in [5.41, 5.74) is -0.947. The number of fused-ring (bicyclic) bond motifs is 1. The molecule has 1 aromatic carbocycles. The maximum absolute atomic E-state index is 14.5. The van der Waals surface area contributed by atoms with E-state index in [1.54, 1.807) is 0 Å². The molecule has 1 aromatic heterocycles. The number of methoxy groups -OCH3 is 1. The number of carbonyl (C=O) groups excluding carboxylic acids is 1. The van der Waals surface area contributed by atoms with Gasteiger partial charge in [-0.1, -0.05) is 6.07 Å². The lowest BCUT2D eigenvalue weighted by atomic mass is 9.95. The third-order valence-electron chi connectivity index (χ3n) is 4.12. The first-order valence-electron chi connectivity index (χ1n) is 8.26. The average molecular weight is 418 g/mol. The molecule has 1 N–H and O–H groups in total. The summed E-state index contributed by atoms with van der Waals surface area (Å²) in [6.07, 6.45) is -4.91. The smallest absolute Gasteiger partial charge is 0.453 e. The summed E-state index contributed by atoms with van der Waals surface area (Å²) in [4.78, 5) is 15.9. The molecule has 0 saturated carbocycles. The fourth-order valence-electron chi connectivity index (χ4n) is 2.87.